The Hall–Kier alpha value is -2.75. The van der Waals surface area contributed by atoms with Crippen LogP contribution in [0.2, 0.25) is 0 Å². The number of nitrogens with one attached hydrogen (secondary N) is 1. The number of hydrogen-bond acceptors (Lipinski definition) is 2. The molecule has 23 heavy (non-hydrogen) atoms. The number of aromatic nitrogens is 1. The molecule has 4 heteroatoms. The van der Waals surface area contributed by atoms with Gasteiger partial charge in [-0.1, -0.05) is 36.4 Å². The molecule has 0 aliphatic carbocycles. The third-order valence-corrected chi connectivity index (χ3v) is 4.00. The molecule has 0 bridgehead atoms. The van der Waals surface area contributed by atoms with Gasteiger partial charge in [-0.25, -0.2) is 0 Å². The zero-order valence-electron chi connectivity index (χ0n) is 13.4. The average Bonchev–Trinajstić information content (AvgIpc) is 2.91. The molecule has 3 rings (SSSR count). The van der Waals surface area contributed by atoms with Gasteiger partial charge in [0.2, 0.25) is 0 Å². The minimum Gasteiger partial charge on any atom is -0.491 e. The molecular formula is C19H20N2O2. The van der Waals surface area contributed by atoms with E-state index in [0.717, 1.165) is 22.2 Å². The zero-order valence-corrected chi connectivity index (χ0v) is 13.4. The first-order valence-corrected chi connectivity index (χ1v) is 7.68. The van der Waals surface area contributed by atoms with Crippen LogP contribution in [0.15, 0.2) is 54.6 Å². The van der Waals surface area contributed by atoms with E-state index in [9.17, 15) is 4.79 Å². The van der Waals surface area contributed by atoms with Crippen molar-refractivity contribution in [1.82, 2.24) is 9.88 Å². The van der Waals surface area contributed by atoms with Crippen LogP contribution in [0, 0.1) is 6.92 Å². The summed E-state index contributed by atoms with van der Waals surface area (Å²) in [6.07, 6.45) is 0. The predicted molar refractivity (Wildman–Crippen MR) is 91.9 cm³/mol. The summed E-state index contributed by atoms with van der Waals surface area (Å²) in [5.41, 5.74) is 1.72. The standard InChI is InChI=1S/C19H20N2O2/c1-14-10-11-17(21(14)2)19(22)20-12-13-23-18-9-5-7-15-6-3-4-8-16(15)18/h3-11H,12-13H2,1-2H3,(H,20,22). The van der Waals surface area contributed by atoms with Crippen molar-refractivity contribution < 1.29 is 9.53 Å². The monoisotopic (exact) mass is 308 g/mol. The number of fused-ring (bicyclic) bond motifs is 1. The van der Waals surface area contributed by atoms with Gasteiger partial charge in [-0.15, -0.1) is 0 Å². The highest BCUT2D eigenvalue weighted by Crippen LogP contribution is 2.24. The van der Waals surface area contributed by atoms with Gasteiger partial charge in [0.1, 0.15) is 18.1 Å². The lowest BCUT2D eigenvalue weighted by Crippen LogP contribution is -2.29. The van der Waals surface area contributed by atoms with Crippen LogP contribution in [0.5, 0.6) is 5.75 Å². The van der Waals surface area contributed by atoms with Crippen LogP contribution in [-0.4, -0.2) is 23.6 Å². The number of hydrogen-bond donors (Lipinski definition) is 1. The lowest BCUT2D eigenvalue weighted by Gasteiger charge is -2.10. The first-order chi connectivity index (χ1) is 11.2. The van der Waals surface area contributed by atoms with Crippen molar-refractivity contribution >= 4 is 16.7 Å². The minimum absolute atomic E-state index is 0.0814. The second-order valence-electron chi connectivity index (χ2n) is 5.50. The molecular weight excluding hydrogens is 288 g/mol. The quantitative estimate of drug-likeness (QED) is 0.735. The Labute approximate surface area is 135 Å². The van der Waals surface area contributed by atoms with Crippen LogP contribution in [0.25, 0.3) is 10.8 Å². The molecule has 1 amide bonds. The van der Waals surface area contributed by atoms with E-state index in [1.165, 1.54) is 0 Å². The van der Waals surface area contributed by atoms with Gasteiger partial charge < -0.3 is 14.6 Å². The first-order valence-electron chi connectivity index (χ1n) is 7.68. The summed E-state index contributed by atoms with van der Waals surface area (Å²) in [6, 6.07) is 17.8. The maximum Gasteiger partial charge on any atom is 0.268 e. The highest BCUT2D eigenvalue weighted by Gasteiger charge is 2.10. The lowest BCUT2D eigenvalue weighted by atomic mass is 10.1. The Morgan fingerprint density at radius 1 is 1.09 bits per heavy atom. The molecule has 4 nitrogen and oxygen atoms in total. The topological polar surface area (TPSA) is 43.3 Å². The first kappa shape index (κ1) is 15.2. The van der Waals surface area contributed by atoms with Crippen molar-refractivity contribution in [2.24, 2.45) is 7.05 Å². The van der Waals surface area contributed by atoms with Gasteiger partial charge in [-0.05, 0) is 30.5 Å². The van der Waals surface area contributed by atoms with E-state index >= 15 is 0 Å². The molecule has 0 saturated carbocycles. The molecule has 0 aliphatic heterocycles. The molecule has 3 aromatic rings. The highest BCUT2D eigenvalue weighted by molar-refractivity contribution is 5.92. The van der Waals surface area contributed by atoms with E-state index in [4.69, 9.17) is 4.74 Å². The number of carbonyl (C=O) groups is 1. The van der Waals surface area contributed by atoms with Gasteiger partial charge in [0.15, 0.2) is 0 Å². The number of aryl methyl sites for hydroxylation is 1. The van der Waals surface area contributed by atoms with E-state index in [1.807, 2.05) is 61.0 Å². The predicted octanol–water partition coefficient (Wildman–Crippen LogP) is 3.30. The van der Waals surface area contributed by atoms with Gasteiger partial charge in [-0.2, -0.15) is 0 Å². The summed E-state index contributed by atoms with van der Waals surface area (Å²) in [7, 11) is 1.89. The van der Waals surface area contributed by atoms with Gasteiger partial charge >= 0.3 is 0 Å². The van der Waals surface area contributed by atoms with Crippen molar-refractivity contribution in [2.45, 2.75) is 6.92 Å². The minimum atomic E-state index is -0.0814. The van der Waals surface area contributed by atoms with Crippen LogP contribution >= 0.6 is 0 Å². The van der Waals surface area contributed by atoms with Crippen molar-refractivity contribution in [3.05, 3.63) is 66.0 Å². The fourth-order valence-electron chi connectivity index (χ4n) is 2.58. The number of nitrogens with zero attached hydrogens (tertiary/aromatic N) is 1. The Morgan fingerprint density at radius 3 is 2.65 bits per heavy atom. The summed E-state index contributed by atoms with van der Waals surface area (Å²) in [5, 5.41) is 5.12. The number of amides is 1. The van der Waals surface area contributed by atoms with Crippen LogP contribution < -0.4 is 10.1 Å². The van der Waals surface area contributed by atoms with Crippen molar-refractivity contribution in [3.8, 4) is 5.75 Å². The molecule has 118 valence electrons. The Morgan fingerprint density at radius 2 is 1.87 bits per heavy atom. The zero-order chi connectivity index (χ0) is 16.2. The van der Waals surface area contributed by atoms with Crippen LogP contribution in [0.3, 0.4) is 0 Å². The molecule has 0 spiro atoms. The summed E-state index contributed by atoms with van der Waals surface area (Å²) in [6.45, 7) is 2.87. The lowest BCUT2D eigenvalue weighted by molar-refractivity contribution is 0.0939. The number of benzene rings is 2. The van der Waals surface area contributed by atoms with E-state index in [-0.39, 0.29) is 5.91 Å². The molecule has 0 aliphatic rings. The van der Waals surface area contributed by atoms with Crippen LogP contribution in [-0.2, 0) is 7.05 Å². The summed E-state index contributed by atoms with van der Waals surface area (Å²) >= 11 is 0. The Kier molecular flexibility index (Phi) is 4.33. The van der Waals surface area contributed by atoms with E-state index in [0.29, 0.717) is 18.8 Å². The normalized spacial score (nSPS) is 10.7. The number of rotatable bonds is 5. The maximum absolute atomic E-state index is 12.1. The third-order valence-electron chi connectivity index (χ3n) is 4.00. The maximum atomic E-state index is 12.1. The fraction of sp³-hybridized carbons (Fsp3) is 0.211. The fourth-order valence-corrected chi connectivity index (χ4v) is 2.58. The average molecular weight is 308 g/mol. The van der Waals surface area contributed by atoms with E-state index < -0.39 is 0 Å². The van der Waals surface area contributed by atoms with Crippen molar-refractivity contribution in [1.29, 1.82) is 0 Å². The third kappa shape index (κ3) is 3.21. The molecule has 1 aromatic heterocycles. The highest BCUT2D eigenvalue weighted by atomic mass is 16.5. The van der Waals surface area contributed by atoms with Gasteiger partial charge in [-0.3, -0.25) is 4.79 Å². The van der Waals surface area contributed by atoms with E-state index in [2.05, 4.69) is 17.4 Å². The summed E-state index contributed by atoms with van der Waals surface area (Å²) in [5.74, 6) is 0.758. The molecule has 1 heterocycles. The molecule has 0 radical (unpaired) electrons. The SMILES string of the molecule is Cc1ccc(C(=O)NCCOc2cccc3ccccc23)n1C. The molecule has 0 atom stereocenters. The summed E-state index contributed by atoms with van der Waals surface area (Å²) in [4.78, 5) is 12.1. The second-order valence-corrected chi connectivity index (χ2v) is 5.50. The Bertz CT molecular complexity index is 831. The van der Waals surface area contributed by atoms with E-state index in [1.54, 1.807) is 0 Å². The molecule has 2 aromatic carbocycles. The molecule has 1 N–H and O–H groups in total. The van der Waals surface area contributed by atoms with Crippen molar-refractivity contribution in [3.63, 3.8) is 0 Å². The number of ether oxygens (including phenoxy) is 1. The Balaban J connectivity index is 1.57. The molecule has 0 saturated heterocycles. The molecule has 0 unspecified atom stereocenters. The van der Waals surface area contributed by atoms with Crippen LogP contribution in [0.1, 0.15) is 16.2 Å². The molecule has 0 fully saturated rings. The largest absolute Gasteiger partial charge is 0.491 e. The van der Waals surface area contributed by atoms with Crippen LogP contribution in [0.4, 0.5) is 0 Å². The van der Waals surface area contributed by atoms with Gasteiger partial charge in [0, 0.05) is 18.1 Å². The second kappa shape index (κ2) is 6.57. The smallest absolute Gasteiger partial charge is 0.268 e. The summed E-state index contributed by atoms with van der Waals surface area (Å²) < 4.78 is 7.70. The van der Waals surface area contributed by atoms with Gasteiger partial charge in [0.05, 0.1) is 6.54 Å². The van der Waals surface area contributed by atoms with Gasteiger partial charge in [0.25, 0.3) is 5.91 Å². The van der Waals surface area contributed by atoms with Crippen molar-refractivity contribution in [2.75, 3.05) is 13.2 Å². The number of carbonyl (C=O) groups excluding carboxylic acids is 1.